The Balaban J connectivity index is 1.69. The first-order valence-corrected chi connectivity index (χ1v) is 9.53. The smallest absolute Gasteiger partial charge is 0.196 e. The van der Waals surface area contributed by atoms with Gasteiger partial charge in [-0.05, 0) is 36.4 Å². The minimum atomic E-state index is -0.204. The molecule has 0 aliphatic heterocycles. The summed E-state index contributed by atoms with van der Waals surface area (Å²) >= 11 is 0. The maximum Gasteiger partial charge on any atom is 0.196 e. The van der Waals surface area contributed by atoms with Gasteiger partial charge >= 0.3 is 0 Å². The third-order valence-electron chi connectivity index (χ3n) is 5.43. The van der Waals surface area contributed by atoms with Crippen molar-refractivity contribution in [1.29, 1.82) is 0 Å². The fraction of sp³-hybridized carbons (Fsp3) is 0. The number of hydrogen-bond acceptors (Lipinski definition) is 4. The van der Waals surface area contributed by atoms with Gasteiger partial charge in [-0.3, -0.25) is 9.59 Å². The van der Waals surface area contributed by atoms with Gasteiger partial charge in [0, 0.05) is 29.1 Å². The molecule has 0 saturated carbocycles. The summed E-state index contributed by atoms with van der Waals surface area (Å²) in [7, 11) is 0. The molecule has 3 aromatic heterocycles. The molecule has 142 valence electrons. The molecule has 0 bridgehead atoms. The van der Waals surface area contributed by atoms with Gasteiger partial charge in [0.05, 0.1) is 22.5 Å². The van der Waals surface area contributed by atoms with E-state index in [9.17, 15) is 9.59 Å². The maximum atomic E-state index is 13.3. The number of H-pyrrole nitrogens is 2. The molecule has 6 heteroatoms. The van der Waals surface area contributed by atoms with Gasteiger partial charge in [-0.1, -0.05) is 24.3 Å². The van der Waals surface area contributed by atoms with Crippen molar-refractivity contribution in [3.8, 4) is 22.8 Å². The summed E-state index contributed by atoms with van der Waals surface area (Å²) in [4.78, 5) is 42.4. The van der Waals surface area contributed by atoms with Crippen LogP contribution < -0.4 is 0 Å². The predicted molar refractivity (Wildman–Crippen MR) is 112 cm³/mol. The van der Waals surface area contributed by atoms with Crippen molar-refractivity contribution in [3.05, 3.63) is 95.3 Å². The Morgan fingerprint density at radius 2 is 1.23 bits per heavy atom. The first-order chi connectivity index (χ1) is 14.7. The van der Waals surface area contributed by atoms with Crippen molar-refractivity contribution in [2.24, 2.45) is 0 Å². The molecule has 2 aromatic carbocycles. The van der Waals surface area contributed by atoms with Gasteiger partial charge in [0.25, 0.3) is 0 Å². The van der Waals surface area contributed by atoms with Gasteiger partial charge in [0.1, 0.15) is 16.9 Å². The molecule has 6 nitrogen and oxygen atoms in total. The molecule has 0 spiro atoms. The van der Waals surface area contributed by atoms with E-state index < -0.39 is 0 Å². The minimum Gasteiger partial charge on any atom is -0.360 e. The van der Waals surface area contributed by atoms with Crippen LogP contribution in [-0.2, 0) is 0 Å². The molecule has 0 saturated heterocycles. The lowest BCUT2D eigenvalue weighted by molar-refractivity contribution is 0.0980. The number of rotatable bonds is 2. The summed E-state index contributed by atoms with van der Waals surface area (Å²) < 4.78 is 0. The number of fused-ring (bicyclic) bond motifs is 4. The second kappa shape index (κ2) is 6.09. The summed E-state index contributed by atoms with van der Waals surface area (Å²) in [6, 6.07) is 17.9. The van der Waals surface area contributed by atoms with Crippen molar-refractivity contribution >= 4 is 22.6 Å². The largest absolute Gasteiger partial charge is 0.360 e. The van der Waals surface area contributed by atoms with E-state index in [2.05, 4.69) is 9.97 Å². The second-order valence-electron chi connectivity index (χ2n) is 7.15. The summed E-state index contributed by atoms with van der Waals surface area (Å²) in [6.07, 6.45) is 3.64. The molecule has 1 aliphatic rings. The van der Waals surface area contributed by atoms with Crippen LogP contribution in [0.2, 0.25) is 0 Å². The molecular weight excluding hydrogens is 376 g/mol. The molecule has 0 atom stereocenters. The van der Waals surface area contributed by atoms with Gasteiger partial charge in [0.2, 0.25) is 0 Å². The van der Waals surface area contributed by atoms with Crippen molar-refractivity contribution in [2.45, 2.75) is 0 Å². The molecule has 6 rings (SSSR count). The van der Waals surface area contributed by atoms with Gasteiger partial charge < -0.3 is 9.97 Å². The summed E-state index contributed by atoms with van der Waals surface area (Å²) in [5.74, 6) is -0.371. The average molecular weight is 390 g/mol. The Bertz CT molecular complexity index is 1470. The molecule has 1 aliphatic carbocycles. The fourth-order valence-electron chi connectivity index (χ4n) is 4.03. The summed E-state index contributed by atoms with van der Waals surface area (Å²) in [5, 5.41) is 0. The van der Waals surface area contributed by atoms with E-state index >= 15 is 0 Å². The number of aromatic amines is 2. The normalized spacial score (nSPS) is 12.8. The van der Waals surface area contributed by atoms with Gasteiger partial charge in [0.15, 0.2) is 11.6 Å². The van der Waals surface area contributed by atoms with Crippen LogP contribution in [0.25, 0.3) is 33.8 Å². The van der Waals surface area contributed by atoms with E-state index in [-0.39, 0.29) is 11.6 Å². The molecule has 0 amide bonds. The van der Waals surface area contributed by atoms with Crippen LogP contribution in [0.3, 0.4) is 0 Å². The van der Waals surface area contributed by atoms with Gasteiger partial charge in [-0.15, -0.1) is 0 Å². The Kier molecular flexibility index (Phi) is 3.37. The average Bonchev–Trinajstić information content (AvgIpc) is 3.50. The van der Waals surface area contributed by atoms with E-state index in [1.165, 1.54) is 0 Å². The molecular formula is C24H14N4O2. The maximum absolute atomic E-state index is 13.3. The van der Waals surface area contributed by atoms with Crippen LogP contribution in [0.4, 0.5) is 0 Å². The zero-order valence-electron chi connectivity index (χ0n) is 15.6. The van der Waals surface area contributed by atoms with Crippen molar-refractivity contribution in [3.63, 3.8) is 0 Å². The second-order valence-corrected chi connectivity index (χ2v) is 7.15. The molecule has 30 heavy (non-hydrogen) atoms. The number of nitrogens with zero attached hydrogens (tertiary/aromatic N) is 2. The Hall–Kier alpha value is -4.32. The molecule has 2 N–H and O–H groups in total. The van der Waals surface area contributed by atoms with E-state index in [0.29, 0.717) is 44.7 Å². The van der Waals surface area contributed by atoms with Crippen molar-refractivity contribution < 1.29 is 9.59 Å². The van der Waals surface area contributed by atoms with Gasteiger partial charge in [-0.2, -0.15) is 0 Å². The third-order valence-corrected chi connectivity index (χ3v) is 5.43. The predicted octanol–water partition coefficient (Wildman–Crippen LogP) is 4.40. The van der Waals surface area contributed by atoms with Gasteiger partial charge in [-0.25, -0.2) is 9.97 Å². The van der Waals surface area contributed by atoms with Crippen LogP contribution in [0.5, 0.6) is 0 Å². The Morgan fingerprint density at radius 1 is 0.600 bits per heavy atom. The molecule has 0 radical (unpaired) electrons. The number of ketones is 2. The highest BCUT2D eigenvalue weighted by molar-refractivity contribution is 6.31. The molecule has 0 unspecified atom stereocenters. The zero-order valence-corrected chi connectivity index (χ0v) is 15.6. The highest BCUT2D eigenvalue weighted by atomic mass is 16.1. The van der Waals surface area contributed by atoms with Crippen molar-refractivity contribution in [1.82, 2.24) is 19.9 Å². The van der Waals surface area contributed by atoms with Crippen LogP contribution in [0.15, 0.2) is 73.1 Å². The quantitative estimate of drug-likeness (QED) is 0.459. The first kappa shape index (κ1) is 16.6. The summed E-state index contributed by atoms with van der Waals surface area (Å²) in [5.41, 5.74) is 5.39. The standard InChI is InChI=1S/C24H14N4O2/c29-23-13-5-1-2-6-14(13)24(30)19-15(23)9-10-18-20(19)28-22(17-8-4-12-26-17)21(27-18)16-7-3-11-25-16/h1-12,25-26H. The van der Waals surface area contributed by atoms with E-state index in [1.54, 1.807) is 36.4 Å². The lowest BCUT2D eigenvalue weighted by Crippen LogP contribution is -2.21. The first-order valence-electron chi connectivity index (χ1n) is 9.53. The third kappa shape index (κ3) is 2.24. The number of hydrogen-bond donors (Lipinski definition) is 2. The number of nitrogens with one attached hydrogen (secondary N) is 2. The number of carbonyl (C=O) groups excluding carboxylic acids is 2. The fourth-order valence-corrected chi connectivity index (χ4v) is 4.03. The highest BCUT2D eigenvalue weighted by Crippen LogP contribution is 2.35. The van der Waals surface area contributed by atoms with E-state index in [0.717, 1.165) is 11.4 Å². The van der Waals surface area contributed by atoms with Crippen LogP contribution in [-0.4, -0.2) is 31.5 Å². The van der Waals surface area contributed by atoms with E-state index in [1.807, 2.05) is 36.7 Å². The molecule has 0 fully saturated rings. The monoisotopic (exact) mass is 390 g/mol. The SMILES string of the molecule is O=C1c2ccccc2C(=O)c2c1ccc1nc(-c3ccc[nH]3)c(-c3ccc[nH]3)nc21. The Morgan fingerprint density at radius 3 is 1.87 bits per heavy atom. The van der Waals surface area contributed by atoms with Crippen LogP contribution in [0.1, 0.15) is 31.8 Å². The Labute approximate surface area is 170 Å². The molecule has 5 aromatic rings. The molecule has 3 heterocycles. The highest BCUT2D eigenvalue weighted by Gasteiger charge is 2.32. The number of aromatic nitrogens is 4. The topological polar surface area (TPSA) is 91.5 Å². The van der Waals surface area contributed by atoms with E-state index in [4.69, 9.17) is 9.97 Å². The van der Waals surface area contributed by atoms with Crippen LogP contribution in [0, 0.1) is 0 Å². The van der Waals surface area contributed by atoms with Crippen LogP contribution >= 0.6 is 0 Å². The number of benzene rings is 2. The zero-order chi connectivity index (χ0) is 20.2. The number of carbonyl (C=O) groups is 2. The lowest BCUT2D eigenvalue weighted by Gasteiger charge is -2.19. The van der Waals surface area contributed by atoms with Crippen molar-refractivity contribution in [2.75, 3.05) is 0 Å². The lowest BCUT2D eigenvalue weighted by atomic mass is 9.83. The minimum absolute atomic E-state index is 0.168. The summed E-state index contributed by atoms with van der Waals surface area (Å²) in [6.45, 7) is 0.